The van der Waals surface area contributed by atoms with Gasteiger partial charge in [0.1, 0.15) is 5.69 Å². The van der Waals surface area contributed by atoms with Gasteiger partial charge >= 0.3 is 6.09 Å². The minimum atomic E-state index is -0.251. The van der Waals surface area contributed by atoms with Crippen LogP contribution in [0.3, 0.4) is 0 Å². The number of hydrogen-bond acceptors (Lipinski definition) is 5. The van der Waals surface area contributed by atoms with Crippen LogP contribution in [-0.4, -0.2) is 54.5 Å². The van der Waals surface area contributed by atoms with E-state index in [1.54, 1.807) is 24.1 Å². The van der Waals surface area contributed by atoms with Gasteiger partial charge in [-0.3, -0.25) is 9.78 Å². The molecule has 1 aromatic rings. The lowest BCUT2D eigenvalue weighted by Gasteiger charge is -2.35. The van der Waals surface area contributed by atoms with Gasteiger partial charge in [-0.15, -0.1) is 0 Å². The minimum Gasteiger partial charge on any atom is -0.450 e. The Morgan fingerprint density at radius 3 is 2.43 bits per heavy atom. The number of anilines is 1. The lowest BCUT2D eigenvalue weighted by Crippen LogP contribution is -2.49. The van der Waals surface area contributed by atoms with Gasteiger partial charge in [0.05, 0.1) is 18.5 Å². The van der Waals surface area contributed by atoms with Crippen LogP contribution in [0.15, 0.2) is 18.3 Å². The van der Waals surface area contributed by atoms with E-state index in [1.165, 1.54) is 0 Å². The number of carbonyl (C=O) groups is 2. The molecule has 0 aromatic carbocycles. The molecule has 1 fully saturated rings. The number of amides is 1. The second-order valence-electron chi connectivity index (χ2n) is 4.85. The van der Waals surface area contributed by atoms with Crippen LogP contribution in [0, 0.1) is 0 Å². The zero-order valence-electron chi connectivity index (χ0n) is 12.5. The first-order valence-electron chi connectivity index (χ1n) is 7.31. The quantitative estimate of drug-likeness (QED) is 0.793. The summed E-state index contributed by atoms with van der Waals surface area (Å²) in [7, 11) is 0. The molecule has 0 saturated carbocycles. The molecule has 6 heteroatoms. The van der Waals surface area contributed by atoms with Crippen molar-refractivity contribution in [1.29, 1.82) is 0 Å². The van der Waals surface area contributed by atoms with Crippen molar-refractivity contribution in [2.24, 2.45) is 0 Å². The summed E-state index contributed by atoms with van der Waals surface area (Å²) >= 11 is 0. The number of hydrogen-bond donors (Lipinski definition) is 0. The third-order valence-corrected chi connectivity index (χ3v) is 3.53. The summed E-state index contributed by atoms with van der Waals surface area (Å²) in [6.45, 7) is 6.77. The van der Waals surface area contributed by atoms with Gasteiger partial charge in [-0.25, -0.2) is 4.79 Å². The number of pyridine rings is 1. The highest BCUT2D eigenvalue weighted by Gasteiger charge is 2.22. The van der Waals surface area contributed by atoms with Crippen molar-refractivity contribution in [3.05, 3.63) is 24.0 Å². The first-order chi connectivity index (χ1) is 10.2. The smallest absolute Gasteiger partial charge is 0.409 e. The number of aromatic nitrogens is 1. The zero-order valence-corrected chi connectivity index (χ0v) is 12.5. The molecule has 0 atom stereocenters. The molecule has 2 rings (SSSR count). The molecule has 1 aliphatic rings. The van der Waals surface area contributed by atoms with Gasteiger partial charge in [0.15, 0.2) is 5.78 Å². The number of Topliss-reactive ketones (excluding diaryl/α,β-unsaturated/α-hetero) is 1. The first kappa shape index (κ1) is 15.3. The zero-order chi connectivity index (χ0) is 15.2. The van der Waals surface area contributed by atoms with Gasteiger partial charge in [-0.1, -0.05) is 6.92 Å². The van der Waals surface area contributed by atoms with E-state index in [1.807, 2.05) is 13.0 Å². The van der Waals surface area contributed by atoms with Crippen molar-refractivity contribution in [2.75, 3.05) is 37.7 Å². The van der Waals surface area contributed by atoms with E-state index in [2.05, 4.69) is 9.88 Å². The van der Waals surface area contributed by atoms with Gasteiger partial charge in [-0.05, 0) is 19.1 Å². The third-order valence-electron chi connectivity index (χ3n) is 3.53. The summed E-state index contributed by atoms with van der Waals surface area (Å²) in [6, 6.07) is 3.68. The van der Waals surface area contributed by atoms with E-state index in [9.17, 15) is 9.59 Å². The van der Waals surface area contributed by atoms with Crippen LogP contribution in [0.2, 0.25) is 0 Å². The van der Waals surface area contributed by atoms with Gasteiger partial charge in [0.25, 0.3) is 0 Å². The Morgan fingerprint density at radius 2 is 1.90 bits per heavy atom. The number of ether oxygens (including phenoxy) is 1. The highest BCUT2D eigenvalue weighted by Crippen LogP contribution is 2.16. The maximum absolute atomic E-state index is 11.6. The number of ketones is 1. The molecule has 1 aromatic heterocycles. The largest absolute Gasteiger partial charge is 0.450 e. The van der Waals surface area contributed by atoms with E-state index in [4.69, 9.17) is 4.74 Å². The maximum atomic E-state index is 11.6. The van der Waals surface area contributed by atoms with Crippen molar-refractivity contribution in [3.63, 3.8) is 0 Å². The highest BCUT2D eigenvalue weighted by molar-refractivity contribution is 5.94. The normalized spacial score (nSPS) is 15.0. The van der Waals surface area contributed by atoms with Crippen LogP contribution in [0.25, 0.3) is 0 Å². The molecule has 0 bridgehead atoms. The summed E-state index contributed by atoms with van der Waals surface area (Å²) < 4.78 is 5.00. The minimum absolute atomic E-state index is 0.0497. The van der Waals surface area contributed by atoms with Crippen molar-refractivity contribution < 1.29 is 14.3 Å². The molecule has 1 amide bonds. The van der Waals surface area contributed by atoms with Crippen LogP contribution >= 0.6 is 0 Å². The van der Waals surface area contributed by atoms with Crippen LogP contribution in [0.4, 0.5) is 10.5 Å². The molecule has 0 N–H and O–H groups in total. The molecular formula is C15H21N3O3. The molecule has 114 valence electrons. The highest BCUT2D eigenvalue weighted by atomic mass is 16.6. The van der Waals surface area contributed by atoms with Crippen LogP contribution in [-0.2, 0) is 4.74 Å². The van der Waals surface area contributed by atoms with E-state index in [-0.39, 0.29) is 11.9 Å². The summed E-state index contributed by atoms with van der Waals surface area (Å²) in [5.41, 5.74) is 1.48. The predicted molar refractivity (Wildman–Crippen MR) is 79.7 cm³/mol. The lowest BCUT2D eigenvalue weighted by molar-refractivity contribution is 0.0982. The second-order valence-corrected chi connectivity index (χ2v) is 4.85. The average molecular weight is 291 g/mol. The van der Waals surface area contributed by atoms with Crippen molar-refractivity contribution in [3.8, 4) is 0 Å². The summed E-state index contributed by atoms with van der Waals surface area (Å²) in [5, 5.41) is 0. The van der Waals surface area contributed by atoms with Gasteiger partial charge in [0, 0.05) is 32.6 Å². The molecule has 6 nitrogen and oxygen atoms in total. The van der Waals surface area contributed by atoms with E-state index in [0.717, 1.165) is 18.8 Å². The van der Waals surface area contributed by atoms with Gasteiger partial charge in [-0.2, -0.15) is 0 Å². The Labute approximate surface area is 124 Å². The standard InChI is InChI=1S/C15H21N3O3/c1-3-14(19)13-6-5-12(11-16-13)17-7-9-18(10-8-17)15(20)21-4-2/h5-6,11H,3-4,7-10H2,1-2H3. The van der Waals surface area contributed by atoms with Crippen molar-refractivity contribution >= 4 is 17.6 Å². The Balaban J connectivity index is 1.93. The Hall–Kier alpha value is -2.11. The van der Waals surface area contributed by atoms with Crippen molar-refractivity contribution in [2.45, 2.75) is 20.3 Å². The summed E-state index contributed by atoms with van der Waals surface area (Å²) in [6.07, 6.45) is 1.94. The fourth-order valence-electron chi connectivity index (χ4n) is 2.28. The van der Waals surface area contributed by atoms with Crippen LogP contribution < -0.4 is 4.90 Å². The molecule has 2 heterocycles. The number of nitrogens with zero attached hydrogens (tertiary/aromatic N) is 3. The number of piperazine rings is 1. The number of rotatable bonds is 4. The number of carbonyl (C=O) groups excluding carboxylic acids is 2. The Kier molecular flexibility index (Phi) is 5.14. The Morgan fingerprint density at radius 1 is 1.19 bits per heavy atom. The molecule has 1 aliphatic heterocycles. The van der Waals surface area contributed by atoms with Crippen LogP contribution in [0.5, 0.6) is 0 Å². The molecule has 0 spiro atoms. The van der Waals surface area contributed by atoms with E-state index >= 15 is 0 Å². The Bertz CT molecular complexity index is 493. The second kappa shape index (κ2) is 7.06. The fraction of sp³-hybridized carbons (Fsp3) is 0.533. The molecule has 0 radical (unpaired) electrons. The average Bonchev–Trinajstić information content (AvgIpc) is 2.54. The molecule has 21 heavy (non-hydrogen) atoms. The van der Waals surface area contributed by atoms with Gasteiger partial charge < -0.3 is 14.5 Å². The predicted octanol–water partition coefficient (Wildman–Crippen LogP) is 1.95. The molecule has 0 aliphatic carbocycles. The maximum Gasteiger partial charge on any atom is 0.409 e. The molecule has 1 saturated heterocycles. The fourth-order valence-corrected chi connectivity index (χ4v) is 2.28. The molecular weight excluding hydrogens is 270 g/mol. The van der Waals surface area contributed by atoms with Crippen LogP contribution in [0.1, 0.15) is 30.8 Å². The molecule has 0 unspecified atom stereocenters. The monoisotopic (exact) mass is 291 g/mol. The van der Waals surface area contributed by atoms with Gasteiger partial charge in [0.2, 0.25) is 0 Å². The van der Waals surface area contributed by atoms with E-state index in [0.29, 0.717) is 31.8 Å². The topological polar surface area (TPSA) is 62.7 Å². The third kappa shape index (κ3) is 3.71. The van der Waals surface area contributed by atoms with Crippen molar-refractivity contribution in [1.82, 2.24) is 9.88 Å². The SMILES string of the molecule is CCOC(=O)N1CCN(c2ccc(C(=O)CC)nc2)CC1. The first-order valence-corrected chi connectivity index (χ1v) is 7.31. The summed E-state index contributed by atoms with van der Waals surface area (Å²) in [5.74, 6) is 0.0497. The lowest BCUT2D eigenvalue weighted by atomic mass is 10.2. The van der Waals surface area contributed by atoms with E-state index < -0.39 is 0 Å². The summed E-state index contributed by atoms with van der Waals surface area (Å²) in [4.78, 5) is 31.3.